The molecule has 0 aliphatic heterocycles. The Morgan fingerprint density at radius 3 is 1.96 bits per heavy atom. The molecule has 0 unspecified atom stereocenters. The summed E-state index contributed by atoms with van der Waals surface area (Å²) in [6.07, 6.45) is 6.33. The Kier molecular flexibility index (Phi) is 9.10. The first-order valence-corrected chi connectivity index (χ1v) is 10.9. The van der Waals surface area contributed by atoms with Gasteiger partial charge in [-0.05, 0) is 61.8 Å². The largest absolute Gasteiger partial charge is 0.0654 e. The van der Waals surface area contributed by atoms with E-state index in [9.17, 15) is 0 Å². The normalized spacial score (nSPS) is 12.9. The first-order chi connectivity index (χ1) is 11.8. The molecule has 0 saturated heterocycles. The van der Waals surface area contributed by atoms with Crippen molar-refractivity contribution in [1.82, 2.24) is 0 Å². The van der Waals surface area contributed by atoms with Gasteiger partial charge in [0.15, 0.2) is 0 Å². The second kappa shape index (κ2) is 11.1. The molecule has 126 valence electrons. The lowest BCUT2D eigenvalue weighted by atomic mass is 9.93. The van der Waals surface area contributed by atoms with Crippen molar-refractivity contribution in [3.05, 3.63) is 81.4 Å². The maximum absolute atomic E-state index is 2.52. The van der Waals surface area contributed by atoms with Gasteiger partial charge in [0.1, 0.15) is 0 Å². The molecule has 2 heteroatoms. The van der Waals surface area contributed by atoms with Crippen molar-refractivity contribution in [2.45, 2.75) is 39.0 Å². The van der Waals surface area contributed by atoms with Crippen LogP contribution in [-0.4, -0.2) is 0 Å². The number of unbranched alkanes of at least 4 members (excludes halogenated alkanes) is 3. The Bertz CT molecular complexity index is 670. The van der Waals surface area contributed by atoms with E-state index in [2.05, 4.69) is 117 Å². The van der Waals surface area contributed by atoms with Crippen LogP contribution in [0.2, 0.25) is 0 Å². The number of allylic oxidation sites excluding steroid dienone is 2. The maximum Gasteiger partial charge on any atom is 0.0284 e. The van der Waals surface area contributed by atoms with Gasteiger partial charge in [-0.3, -0.25) is 0 Å². The molecule has 0 saturated carbocycles. The Hall–Kier alpha value is -0.620. The molecule has 0 fully saturated rings. The Morgan fingerprint density at radius 2 is 1.42 bits per heavy atom. The highest BCUT2D eigenvalue weighted by Crippen LogP contribution is 2.38. The summed E-state index contributed by atoms with van der Waals surface area (Å²) in [5.41, 5.74) is 5.44. The van der Waals surface area contributed by atoms with Gasteiger partial charge in [-0.2, -0.15) is 0 Å². The van der Waals surface area contributed by atoms with Crippen LogP contribution in [0.25, 0.3) is 9.15 Å². The van der Waals surface area contributed by atoms with Crippen LogP contribution in [0.1, 0.15) is 50.2 Å². The van der Waals surface area contributed by atoms with Crippen LogP contribution >= 0.6 is 45.2 Å². The number of hydrogen-bond donors (Lipinski definition) is 0. The van der Waals surface area contributed by atoms with Gasteiger partial charge in [-0.1, -0.05) is 109 Å². The highest BCUT2D eigenvalue weighted by atomic mass is 127. The predicted octanol–water partition coefficient (Wildman–Crippen LogP) is 8.28. The van der Waals surface area contributed by atoms with Crippen LogP contribution in [0, 0.1) is 0 Å². The molecule has 0 heterocycles. The van der Waals surface area contributed by atoms with Crippen molar-refractivity contribution < 1.29 is 0 Å². The summed E-state index contributed by atoms with van der Waals surface area (Å²) in [4.78, 5) is 0. The van der Waals surface area contributed by atoms with Crippen molar-refractivity contribution in [1.29, 1.82) is 0 Å². The van der Waals surface area contributed by atoms with E-state index < -0.39 is 0 Å². The zero-order valence-corrected chi connectivity index (χ0v) is 18.5. The van der Waals surface area contributed by atoms with Crippen LogP contribution in [0.4, 0.5) is 0 Å². The molecule has 2 aromatic rings. The van der Waals surface area contributed by atoms with E-state index in [-0.39, 0.29) is 0 Å². The van der Waals surface area contributed by atoms with Crippen molar-refractivity contribution in [2.24, 2.45) is 0 Å². The van der Waals surface area contributed by atoms with E-state index in [1.54, 1.807) is 0 Å². The fourth-order valence-electron chi connectivity index (χ4n) is 2.76. The fourth-order valence-corrected chi connectivity index (χ4v) is 4.40. The molecule has 0 N–H and O–H groups in total. The quantitative estimate of drug-likeness (QED) is 0.136. The Balaban J connectivity index is 2.40. The van der Waals surface area contributed by atoms with Crippen molar-refractivity contribution in [2.75, 3.05) is 0 Å². The number of benzene rings is 2. The lowest BCUT2D eigenvalue weighted by Gasteiger charge is -2.16. The van der Waals surface area contributed by atoms with Crippen LogP contribution in [0.5, 0.6) is 0 Å². The molecule has 0 nitrogen and oxygen atoms in total. The monoisotopic (exact) mass is 542 g/mol. The molecule has 0 aliphatic rings. The molecular formula is C22H24I2. The lowest BCUT2D eigenvalue weighted by molar-refractivity contribution is 0.669. The van der Waals surface area contributed by atoms with Crippen LogP contribution in [0.15, 0.2) is 70.3 Å². The van der Waals surface area contributed by atoms with Gasteiger partial charge in [-0.25, -0.2) is 0 Å². The number of rotatable bonds is 8. The molecule has 0 atom stereocenters. The Morgan fingerprint density at radius 1 is 0.833 bits per heavy atom. The van der Waals surface area contributed by atoms with E-state index in [0.717, 1.165) is 6.42 Å². The molecule has 0 aromatic heterocycles. The molecule has 0 radical (unpaired) electrons. The molecular weight excluding hydrogens is 518 g/mol. The standard InChI is InChI=1S/C22H24I2/c1-2-3-4-7-16-20(17-23)21(18-12-8-5-9-13-18)22(24)19-14-10-6-11-15-19/h5-6,8-15,17H,2-4,7,16H2,1H3/b20-17-,22-21-. The topological polar surface area (TPSA) is 0 Å². The summed E-state index contributed by atoms with van der Waals surface area (Å²) in [5, 5.41) is 0. The summed E-state index contributed by atoms with van der Waals surface area (Å²) in [6, 6.07) is 21.5. The molecule has 2 aromatic carbocycles. The zero-order valence-electron chi connectivity index (χ0n) is 14.1. The third kappa shape index (κ3) is 5.73. The maximum atomic E-state index is 2.52. The smallest absolute Gasteiger partial charge is 0.0284 e. The lowest BCUT2D eigenvalue weighted by Crippen LogP contribution is -1.94. The van der Waals surface area contributed by atoms with Gasteiger partial charge in [0.25, 0.3) is 0 Å². The van der Waals surface area contributed by atoms with Crippen molar-refractivity contribution >= 4 is 54.3 Å². The van der Waals surface area contributed by atoms with Crippen molar-refractivity contribution in [3.8, 4) is 0 Å². The van der Waals surface area contributed by atoms with Crippen LogP contribution in [0.3, 0.4) is 0 Å². The molecule has 0 aliphatic carbocycles. The third-order valence-corrected chi connectivity index (χ3v) is 5.98. The highest BCUT2D eigenvalue weighted by Gasteiger charge is 2.13. The van der Waals surface area contributed by atoms with E-state index >= 15 is 0 Å². The first kappa shape index (κ1) is 19.7. The van der Waals surface area contributed by atoms with E-state index in [1.807, 2.05) is 0 Å². The van der Waals surface area contributed by atoms with E-state index in [4.69, 9.17) is 0 Å². The van der Waals surface area contributed by atoms with E-state index in [1.165, 1.54) is 51.5 Å². The molecule has 24 heavy (non-hydrogen) atoms. The average molecular weight is 542 g/mol. The number of halogens is 2. The van der Waals surface area contributed by atoms with Gasteiger partial charge < -0.3 is 0 Å². The van der Waals surface area contributed by atoms with Gasteiger partial charge >= 0.3 is 0 Å². The van der Waals surface area contributed by atoms with Gasteiger partial charge in [0.05, 0.1) is 0 Å². The first-order valence-electron chi connectivity index (χ1n) is 8.58. The second-order valence-corrected chi connectivity index (χ2v) is 7.57. The van der Waals surface area contributed by atoms with Gasteiger partial charge in [0.2, 0.25) is 0 Å². The average Bonchev–Trinajstić information content (AvgIpc) is 2.65. The molecule has 0 bridgehead atoms. The summed E-state index contributed by atoms with van der Waals surface area (Å²) in [6.45, 7) is 2.27. The molecule has 0 spiro atoms. The molecule has 0 amide bonds. The van der Waals surface area contributed by atoms with Gasteiger partial charge in [-0.15, -0.1) is 0 Å². The minimum Gasteiger partial charge on any atom is -0.0654 e. The minimum atomic E-state index is 1.15. The molecule has 2 rings (SSSR count). The highest BCUT2D eigenvalue weighted by molar-refractivity contribution is 14.1. The predicted molar refractivity (Wildman–Crippen MR) is 125 cm³/mol. The third-order valence-electron chi connectivity index (χ3n) is 4.06. The summed E-state index contributed by atoms with van der Waals surface area (Å²) in [5.74, 6) is 0. The van der Waals surface area contributed by atoms with Gasteiger partial charge in [0, 0.05) is 3.58 Å². The minimum absolute atomic E-state index is 1.15. The summed E-state index contributed by atoms with van der Waals surface area (Å²) < 4.78 is 3.60. The number of hydrogen-bond acceptors (Lipinski definition) is 0. The van der Waals surface area contributed by atoms with Crippen LogP contribution in [-0.2, 0) is 0 Å². The Labute approximate surface area is 173 Å². The SMILES string of the molecule is CCCCCCC(=C/I)/C(=C(\I)c1ccccc1)c1ccccc1. The zero-order chi connectivity index (χ0) is 17.2. The second-order valence-electron chi connectivity index (χ2n) is 5.87. The summed E-state index contributed by atoms with van der Waals surface area (Å²) >= 11 is 4.92. The van der Waals surface area contributed by atoms with Crippen LogP contribution < -0.4 is 0 Å². The van der Waals surface area contributed by atoms with E-state index in [0.29, 0.717) is 0 Å². The summed E-state index contributed by atoms with van der Waals surface area (Å²) in [7, 11) is 0. The van der Waals surface area contributed by atoms with Crippen molar-refractivity contribution in [3.63, 3.8) is 0 Å². The fraction of sp³-hybridized carbons (Fsp3) is 0.273.